The van der Waals surface area contributed by atoms with Gasteiger partial charge in [-0.1, -0.05) is 59.9 Å². The molecule has 3 heterocycles. The monoisotopic (exact) mass is 471 g/mol. The molecule has 3 aromatic rings. The molecule has 0 bridgehead atoms. The number of thiazole rings is 1. The molecule has 0 unspecified atom stereocenters. The predicted molar refractivity (Wildman–Crippen MR) is 129 cm³/mol. The van der Waals surface area contributed by atoms with Gasteiger partial charge in [0.25, 0.3) is 5.91 Å². The summed E-state index contributed by atoms with van der Waals surface area (Å²) in [5.41, 5.74) is 2.41. The van der Waals surface area contributed by atoms with Gasteiger partial charge in [0, 0.05) is 22.4 Å². The second-order valence-corrected chi connectivity index (χ2v) is 10.4. The van der Waals surface area contributed by atoms with Gasteiger partial charge in [-0.05, 0) is 30.0 Å². The molecule has 0 spiro atoms. The van der Waals surface area contributed by atoms with Crippen molar-refractivity contribution < 1.29 is 9.59 Å². The van der Waals surface area contributed by atoms with E-state index in [1.807, 2.05) is 17.5 Å². The first-order valence-electron chi connectivity index (χ1n) is 9.07. The summed E-state index contributed by atoms with van der Waals surface area (Å²) in [5, 5.41) is 5.23. The number of carbonyl (C=O) groups excluding carboxylic acids is 2. The molecular formula is C21H17N3O2S4. The Kier molecular flexibility index (Phi) is 6.43. The van der Waals surface area contributed by atoms with Gasteiger partial charge in [-0.25, -0.2) is 4.98 Å². The van der Waals surface area contributed by atoms with Gasteiger partial charge in [0.1, 0.15) is 10.9 Å². The predicted octanol–water partition coefficient (Wildman–Crippen LogP) is 4.94. The summed E-state index contributed by atoms with van der Waals surface area (Å²) in [6.07, 6.45) is 4.33. The molecule has 1 saturated heterocycles. The molecule has 1 fully saturated rings. The summed E-state index contributed by atoms with van der Waals surface area (Å²) in [6, 6.07) is 12.2. The summed E-state index contributed by atoms with van der Waals surface area (Å²) < 4.78 is 0.386. The highest BCUT2D eigenvalue weighted by Crippen LogP contribution is 2.33. The van der Waals surface area contributed by atoms with E-state index in [0.29, 0.717) is 14.4 Å². The highest BCUT2D eigenvalue weighted by Gasteiger charge is 2.33. The van der Waals surface area contributed by atoms with Crippen molar-refractivity contribution in [3.8, 4) is 0 Å². The summed E-state index contributed by atoms with van der Waals surface area (Å²) in [6.45, 7) is 1.93. The molecular weight excluding hydrogens is 455 g/mol. The molecule has 1 aromatic carbocycles. The van der Waals surface area contributed by atoms with Crippen LogP contribution in [0.15, 0.2) is 52.9 Å². The molecule has 1 aliphatic rings. The van der Waals surface area contributed by atoms with Crippen LogP contribution in [0.25, 0.3) is 6.08 Å². The normalized spacial score (nSPS) is 15.2. The number of thioether (sulfide) groups is 1. The highest BCUT2D eigenvalue weighted by atomic mass is 32.2. The number of aryl methyl sites for hydroxylation is 1. The van der Waals surface area contributed by atoms with E-state index in [-0.39, 0.29) is 18.4 Å². The molecule has 1 aliphatic heterocycles. The number of benzene rings is 1. The van der Waals surface area contributed by atoms with Crippen LogP contribution in [0.3, 0.4) is 0 Å². The Labute approximate surface area is 191 Å². The number of rotatable bonds is 6. The Morgan fingerprint density at radius 1 is 1.27 bits per heavy atom. The van der Waals surface area contributed by atoms with Gasteiger partial charge < -0.3 is 5.32 Å². The Bertz CT molecular complexity index is 1120. The molecule has 4 rings (SSSR count). The van der Waals surface area contributed by atoms with Gasteiger partial charge in [-0.15, -0.1) is 22.7 Å². The minimum atomic E-state index is -0.320. The average Bonchev–Trinajstić information content (AvgIpc) is 3.43. The van der Waals surface area contributed by atoms with E-state index in [1.54, 1.807) is 23.6 Å². The van der Waals surface area contributed by atoms with Crippen molar-refractivity contribution in [1.82, 2.24) is 9.88 Å². The molecule has 152 valence electrons. The van der Waals surface area contributed by atoms with Crippen molar-refractivity contribution in [2.45, 2.75) is 13.3 Å². The molecule has 0 atom stereocenters. The number of anilines is 1. The third kappa shape index (κ3) is 5.04. The van der Waals surface area contributed by atoms with Crippen LogP contribution in [-0.4, -0.2) is 32.6 Å². The number of thiocarbonyl (C=S) groups is 1. The number of carbonyl (C=O) groups is 2. The van der Waals surface area contributed by atoms with E-state index in [1.165, 1.54) is 39.1 Å². The average molecular weight is 472 g/mol. The van der Waals surface area contributed by atoms with Crippen LogP contribution >= 0.6 is 46.7 Å². The summed E-state index contributed by atoms with van der Waals surface area (Å²) in [4.78, 5) is 33.3. The van der Waals surface area contributed by atoms with Gasteiger partial charge in [0.05, 0.1) is 4.91 Å². The molecule has 2 aromatic heterocycles. The minimum absolute atomic E-state index is 0.126. The van der Waals surface area contributed by atoms with Crippen LogP contribution in [0, 0.1) is 6.92 Å². The fourth-order valence-corrected chi connectivity index (χ4v) is 5.64. The van der Waals surface area contributed by atoms with E-state index in [0.717, 1.165) is 16.2 Å². The van der Waals surface area contributed by atoms with Crippen LogP contribution in [0.1, 0.15) is 20.9 Å². The molecule has 9 heteroatoms. The molecule has 0 radical (unpaired) electrons. The van der Waals surface area contributed by atoms with E-state index >= 15 is 0 Å². The zero-order valence-corrected chi connectivity index (χ0v) is 19.2. The maximum atomic E-state index is 12.6. The number of thiophene rings is 1. The number of aromatic nitrogens is 1. The van der Waals surface area contributed by atoms with Crippen LogP contribution in [0.5, 0.6) is 0 Å². The number of amides is 2. The Hall–Kier alpha value is -2.33. The standard InChI is InChI=1S/C21H17N3O2S4/c1-13-4-6-14(7-5-13)9-16-11-22-20(29-16)23-18(25)12-24-19(26)17(30-21(24)27)10-15-3-2-8-28-15/h2-8,10-11H,9,12H2,1H3,(H,22,23,25)/b17-10+. The van der Waals surface area contributed by atoms with Crippen molar-refractivity contribution in [2.24, 2.45) is 0 Å². The lowest BCUT2D eigenvalue weighted by molar-refractivity contribution is -0.126. The highest BCUT2D eigenvalue weighted by molar-refractivity contribution is 8.26. The second kappa shape index (κ2) is 9.22. The summed E-state index contributed by atoms with van der Waals surface area (Å²) >= 11 is 9.49. The van der Waals surface area contributed by atoms with Crippen LogP contribution in [0.4, 0.5) is 5.13 Å². The molecule has 30 heavy (non-hydrogen) atoms. The van der Waals surface area contributed by atoms with Gasteiger partial charge >= 0.3 is 0 Å². The topological polar surface area (TPSA) is 62.3 Å². The first-order chi connectivity index (χ1) is 14.5. The molecule has 5 nitrogen and oxygen atoms in total. The largest absolute Gasteiger partial charge is 0.300 e. The van der Waals surface area contributed by atoms with E-state index < -0.39 is 0 Å². The van der Waals surface area contributed by atoms with E-state index in [4.69, 9.17) is 12.2 Å². The maximum Gasteiger partial charge on any atom is 0.266 e. The number of hydrogen-bond acceptors (Lipinski definition) is 7. The van der Waals surface area contributed by atoms with Crippen LogP contribution in [0.2, 0.25) is 0 Å². The fraction of sp³-hybridized carbons (Fsp3) is 0.143. The summed E-state index contributed by atoms with van der Waals surface area (Å²) in [5.74, 6) is -0.562. The van der Waals surface area contributed by atoms with Gasteiger partial charge in [0.2, 0.25) is 5.91 Å². The quantitative estimate of drug-likeness (QED) is 0.407. The van der Waals surface area contributed by atoms with Crippen molar-refractivity contribution in [1.29, 1.82) is 0 Å². The molecule has 0 saturated carbocycles. The van der Waals surface area contributed by atoms with Crippen molar-refractivity contribution in [3.05, 3.63) is 73.8 Å². The third-order valence-electron chi connectivity index (χ3n) is 4.29. The Balaban J connectivity index is 1.35. The lowest BCUT2D eigenvalue weighted by Gasteiger charge is -2.13. The van der Waals surface area contributed by atoms with E-state index in [9.17, 15) is 9.59 Å². The van der Waals surface area contributed by atoms with Gasteiger partial charge in [-0.3, -0.25) is 14.5 Å². The smallest absolute Gasteiger partial charge is 0.266 e. The van der Waals surface area contributed by atoms with Crippen LogP contribution < -0.4 is 5.32 Å². The summed E-state index contributed by atoms with van der Waals surface area (Å²) in [7, 11) is 0. The second-order valence-electron chi connectivity index (χ2n) is 6.63. The lowest BCUT2D eigenvalue weighted by atomic mass is 10.1. The Morgan fingerprint density at radius 3 is 2.80 bits per heavy atom. The van der Waals surface area contributed by atoms with Crippen LogP contribution in [-0.2, 0) is 16.0 Å². The van der Waals surface area contributed by atoms with Crippen molar-refractivity contribution >= 4 is 74.0 Å². The number of hydrogen-bond donors (Lipinski definition) is 1. The van der Waals surface area contributed by atoms with Gasteiger partial charge in [0.15, 0.2) is 5.13 Å². The number of nitrogens with one attached hydrogen (secondary N) is 1. The molecule has 0 aliphatic carbocycles. The minimum Gasteiger partial charge on any atom is -0.300 e. The lowest BCUT2D eigenvalue weighted by Crippen LogP contribution is -2.36. The fourth-order valence-electron chi connectivity index (χ4n) is 2.80. The zero-order chi connectivity index (χ0) is 21.1. The zero-order valence-electron chi connectivity index (χ0n) is 16.0. The van der Waals surface area contributed by atoms with Crippen molar-refractivity contribution in [2.75, 3.05) is 11.9 Å². The first-order valence-corrected chi connectivity index (χ1v) is 12.0. The number of nitrogens with zero attached hydrogens (tertiary/aromatic N) is 2. The first kappa shape index (κ1) is 20.9. The maximum absolute atomic E-state index is 12.6. The van der Waals surface area contributed by atoms with Gasteiger partial charge in [-0.2, -0.15) is 0 Å². The van der Waals surface area contributed by atoms with E-state index in [2.05, 4.69) is 41.5 Å². The Morgan fingerprint density at radius 2 is 2.07 bits per heavy atom. The third-order valence-corrected chi connectivity index (χ3v) is 7.40. The van der Waals surface area contributed by atoms with Crippen molar-refractivity contribution in [3.63, 3.8) is 0 Å². The molecule has 2 amide bonds. The SMILES string of the molecule is Cc1ccc(Cc2cnc(NC(=O)CN3C(=O)/C(=C\c4cccs4)SC3=S)s2)cc1. The molecule has 1 N–H and O–H groups in total.